The Morgan fingerprint density at radius 2 is 2.05 bits per heavy atom. The Balaban J connectivity index is 2.68. The van der Waals surface area contributed by atoms with Crippen LogP contribution in [0, 0.1) is 5.92 Å². The molecule has 0 atom stereocenters. The summed E-state index contributed by atoms with van der Waals surface area (Å²) in [4.78, 5) is 24.3. The molecule has 0 bridgehead atoms. The summed E-state index contributed by atoms with van der Waals surface area (Å²) < 4.78 is 0. The smallest absolute Gasteiger partial charge is 0.335 e. The van der Waals surface area contributed by atoms with Crippen LogP contribution >= 0.6 is 11.6 Å². The van der Waals surface area contributed by atoms with Crippen LogP contribution in [0.15, 0.2) is 18.2 Å². The SMILES string of the molecule is CC(C)CCN(C)C(=O)Nc1ccc(C(=O)O)cc1Cl. The number of urea groups is 1. The Kier molecular flexibility index (Phi) is 5.82. The normalized spacial score (nSPS) is 10.4. The van der Waals surface area contributed by atoms with Crippen molar-refractivity contribution < 1.29 is 14.7 Å². The van der Waals surface area contributed by atoms with Crippen LogP contribution < -0.4 is 5.32 Å². The number of carboxylic acid groups (broad SMARTS) is 1. The van der Waals surface area contributed by atoms with Crippen molar-refractivity contribution in [3.05, 3.63) is 28.8 Å². The highest BCUT2D eigenvalue weighted by molar-refractivity contribution is 6.34. The van der Waals surface area contributed by atoms with E-state index in [0.29, 0.717) is 18.2 Å². The van der Waals surface area contributed by atoms with Gasteiger partial charge in [-0.25, -0.2) is 9.59 Å². The van der Waals surface area contributed by atoms with E-state index < -0.39 is 5.97 Å². The lowest BCUT2D eigenvalue weighted by Crippen LogP contribution is -2.32. The molecule has 0 aliphatic carbocycles. The number of carbonyl (C=O) groups is 2. The maximum atomic E-state index is 11.9. The first-order valence-electron chi connectivity index (χ1n) is 6.36. The summed E-state index contributed by atoms with van der Waals surface area (Å²) in [6, 6.07) is 3.93. The van der Waals surface area contributed by atoms with Gasteiger partial charge in [-0.2, -0.15) is 0 Å². The molecule has 20 heavy (non-hydrogen) atoms. The van der Waals surface area contributed by atoms with Gasteiger partial charge in [0.25, 0.3) is 0 Å². The third-order valence-corrected chi connectivity index (χ3v) is 3.16. The zero-order chi connectivity index (χ0) is 15.3. The van der Waals surface area contributed by atoms with E-state index in [1.807, 2.05) is 0 Å². The maximum absolute atomic E-state index is 11.9. The largest absolute Gasteiger partial charge is 0.478 e. The fraction of sp³-hybridized carbons (Fsp3) is 0.429. The number of carbonyl (C=O) groups excluding carboxylic acids is 1. The highest BCUT2D eigenvalue weighted by Gasteiger charge is 2.12. The van der Waals surface area contributed by atoms with E-state index in [2.05, 4.69) is 19.2 Å². The van der Waals surface area contributed by atoms with Crippen molar-refractivity contribution in [3.8, 4) is 0 Å². The topological polar surface area (TPSA) is 69.6 Å². The number of aromatic carboxylic acids is 1. The molecule has 0 fully saturated rings. The molecule has 1 rings (SSSR count). The van der Waals surface area contributed by atoms with Crippen molar-refractivity contribution in [3.63, 3.8) is 0 Å². The molecule has 0 heterocycles. The number of nitrogens with one attached hydrogen (secondary N) is 1. The molecule has 0 saturated heterocycles. The van der Waals surface area contributed by atoms with Gasteiger partial charge in [-0.15, -0.1) is 0 Å². The van der Waals surface area contributed by atoms with Crippen LogP contribution in [0.25, 0.3) is 0 Å². The number of benzene rings is 1. The van der Waals surface area contributed by atoms with Crippen molar-refractivity contribution in [2.45, 2.75) is 20.3 Å². The van der Waals surface area contributed by atoms with Crippen molar-refractivity contribution in [1.82, 2.24) is 4.90 Å². The number of nitrogens with zero attached hydrogens (tertiary/aromatic N) is 1. The molecular formula is C14H19ClN2O3. The molecule has 0 aliphatic heterocycles. The minimum atomic E-state index is -1.06. The van der Waals surface area contributed by atoms with Gasteiger partial charge in [-0.05, 0) is 30.5 Å². The number of hydrogen-bond donors (Lipinski definition) is 2. The molecule has 110 valence electrons. The second-order valence-corrected chi connectivity index (χ2v) is 5.44. The minimum Gasteiger partial charge on any atom is -0.478 e. The molecule has 0 spiro atoms. The second-order valence-electron chi connectivity index (χ2n) is 5.03. The Morgan fingerprint density at radius 1 is 1.40 bits per heavy atom. The molecule has 1 aromatic rings. The average Bonchev–Trinajstić information content (AvgIpc) is 2.37. The minimum absolute atomic E-state index is 0.0844. The Morgan fingerprint density at radius 3 is 2.55 bits per heavy atom. The van der Waals surface area contributed by atoms with Crippen LogP contribution in [0.3, 0.4) is 0 Å². The van der Waals surface area contributed by atoms with E-state index in [1.54, 1.807) is 11.9 Å². The van der Waals surface area contributed by atoms with E-state index in [1.165, 1.54) is 18.2 Å². The van der Waals surface area contributed by atoms with E-state index in [4.69, 9.17) is 16.7 Å². The lowest BCUT2D eigenvalue weighted by molar-refractivity contribution is 0.0697. The third-order valence-electron chi connectivity index (χ3n) is 2.85. The maximum Gasteiger partial charge on any atom is 0.335 e. The average molecular weight is 299 g/mol. The molecule has 6 heteroatoms. The molecule has 2 amide bonds. The number of halogens is 1. The van der Waals surface area contributed by atoms with Gasteiger partial charge in [0.05, 0.1) is 16.3 Å². The van der Waals surface area contributed by atoms with Gasteiger partial charge in [-0.3, -0.25) is 0 Å². The van der Waals surface area contributed by atoms with Gasteiger partial charge in [0.2, 0.25) is 0 Å². The van der Waals surface area contributed by atoms with Crippen molar-refractivity contribution in [2.75, 3.05) is 18.9 Å². The summed E-state index contributed by atoms with van der Waals surface area (Å²) in [6.45, 7) is 4.83. The van der Waals surface area contributed by atoms with Gasteiger partial charge in [0.15, 0.2) is 0 Å². The predicted molar refractivity (Wildman–Crippen MR) is 79.5 cm³/mol. The molecule has 0 radical (unpaired) electrons. The number of anilines is 1. The van der Waals surface area contributed by atoms with Crippen LogP contribution in [0.5, 0.6) is 0 Å². The zero-order valence-electron chi connectivity index (χ0n) is 11.8. The summed E-state index contributed by atoms with van der Waals surface area (Å²) in [6.07, 6.45) is 0.912. The molecule has 0 unspecified atom stereocenters. The van der Waals surface area contributed by atoms with Gasteiger partial charge >= 0.3 is 12.0 Å². The van der Waals surface area contributed by atoms with Crippen LogP contribution in [-0.2, 0) is 0 Å². The van der Waals surface area contributed by atoms with E-state index in [9.17, 15) is 9.59 Å². The number of rotatable bonds is 5. The highest BCUT2D eigenvalue weighted by atomic mass is 35.5. The lowest BCUT2D eigenvalue weighted by Gasteiger charge is -2.19. The summed E-state index contributed by atoms with van der Waals surface area (Å²) in [5.41, 5.74) is 0.485. The number of hydrogen-bond acceptors (Lipinski definition) is 2. The first-order chi connectivity index (χ1) is 9.31. The van der Waals surface area contributed by atoms with E-state index in [0.717, 1.165) is 6.42 Å². The first kappa shape index (κ1) is 16.3. The first-order valence-corrected chi connectivity index (χ1v) is 6.74. The number of carboxylic acids is 1. The lowest BCUT2D eigenvalue weighted by atomic mass is 10.1. The van der Waals surface area contributed by atoms with E-state index in [-0.39, 0.29) is 16.6 Å². The van der Waals surface area contributed by atoms with Crippen LogP contribution in [0.4, 0.5) is 10.5 Å². The monoisotopic (exact) mass is 298 g/mol. The van der Waals surface area contributed by atoms with E-state index >= 15 is 0 Å². The predicted octanol–water partition coefficient (Wildman–Crippen LogP) is 3.55. The fourth-order valence-corrected chi connectivity index (χ4v) is 1.74. The Hall–Kier alpha value is -1.75. The Bertz CT molecular complexity index is 503. The van der Waals surface area contributed by atoms with Crippen molar-refractivity contribution in [2.24, 2.45) is 5.92 Å². The van der Waals surface area contributed by atoms with Gasteiger partial charge in [-0.1, -0.05) is 25.4 Å². The third kappa shape index (κ3) is 4.74. The van der Waals surface area contributed by atoms with Crippen molar-refractivity contribution >= 4 is 29.3 Å². The molecular weight excluding hydrogens is 280 g/mol. The summed E-state index contributed by atoms with van der Waals surface area (Å²) in [7, 11) is 1.71. The highest BCUT2D eigenvalue weighted by Crippen LogP contribution is 2.23. The van der Waals surface area contributed by atoms with Crippen molar-refractivity contribution in [1.29, 1.82) is 0 Å². The zero-order valence-corrected chi connectivity index (χ0v) is 12.6. The molecule has 2 N–H and O–H groups in total. The van der Waals surface area contributed by atoms with Gasteiger partial charge < -0.3 is 15.3 Å². The van der Waals surface area contributed by atoms with Gasteiger partial charge in [0.1, 0.15) is 0 Å². The number of amides is 2. The molecule has 0 saturated carbocycles. The Labute approximate surface area is 123 Å². The van der Waals surface area contributed by atoms with Crippen LogP contribution in [-0.4, -0.2) is 35.6 Å². The fourth-order valence-electron chi connectivity index (χ4n) is 1.51. The second kappa shape index (κ2) is 7.14. The molecule has 0 aromatic heterocycles. The summed E-state index contributed by atoms with van der Waals surface area (Å²) >= 11 is 5.95. The molecule has 1 aromatic carbocycles. The van der Waals surface area contributed by atoms with Crippen LogP contribution in [0.1, 0.15) is 30.6 Å². The summed E-state index contributed by atoms with van der Waals surface area (Å²) in [5.74, 6) is -0.539. The van der Waals surface area contributed by atoms with Gasteiger partial charge in [0, 0.05) is 13.6 Å². The summed E-state index contributed by atoms with van der Waals surface area (Å²) in [5, 5.41) is 11.7. The van der Waals surface area contributed by atoms with Crippen LogP contribution in [0.2, 0.25) is 5.02 Å². The quantitative estimate of drug-likeness (QED) is 0.873. The molecule has 5 nitrogen and oxygen atoms in total. The molecule has 0 aliphatic rings. The standard InChI is InChI=1S/C14H19ClN2O3/c1-9(2)6-7-17(3)14(20)16-12-5-4-10(13(18)19)8-11(12)15/h4-5,8-9H,6-7H2,1-3H3,(H,16,20)(H,18,19).